The quantitative estimate of drug-likeness (QED) is 0.913. The normalized spacial score (nSPS) is 19.5. The summed E-state index contributed by atoms with van der Waals surface area (Å²) >= 11 is 5.94. The van der Waals surface area contributed by atoms with E-state index in [0.29, 0.717) is 17.1 Å². The first-order valence-corrected chi connectivity index (χ1v) is 6.64. The zero-order valence-corrected chi connectivity index (χ0v) is 10.9. The first-order valence-electron chi connectivity index (χ1n) is 6.26. The second kappa shape index (κ2) is 6.71. The first-order chi connectivity index (χ1) is 8.75. The number of carbonyl (C=O) groups excluding carboxylic acids is 1. The van der Waals surface area contributed by atoms with Gasteiger partial charge in [-0.05, 0) is 31.7 Å². The van der Waals surface area contributed by atoms with Gasteiger partial charge < -0.3 is 10.1 Å². The van der Waals surface area contributed by atoms with Gasteiger partial charge in [0.05, 0.1) is 23.0 Å². The SMILES string of the molecule is O=C(CCC1CCCCO1)Nc1cnccc1Cl. The summed E-state index contributed by atoms with van der Waals surface area (Å²) in [6.07, 6.45) is 7.98. The summed E-state index contributed by atoms with van der Waals surface area (Å²) in [5, 5.41) is 3.27. The highest BCUT2D eigenvalue weighted by molar-refractivity contribution is 6.33. The summed E-state index contributed by atoms with van der Waals surface area (Å²) in [7, 11) is 0. The van der Waals surface area contributed by atoms with Crippen LogP contribution < -0.4 is 5.32 Å². The van der Waals surface area contributed by atoms with Gasteiger partial charge in [0, 0.05) is 19.2 Å². The van der Waals surface area contributed by atoms with Crippen molar-refractivity contribution in [1.82, 2.24) is 4.98 Å². The Hall–Kier alpha value is -1.13. The van der Waals surface area contributed by atoms with Crippen molar-refractivity contribution in [1.29, 1.82) is 0 Å². The smallest absolute Gasteiger partial charge is 0.224 e. The maximum absolute atomic E-state index is 11.8. The molecular formula is C13H17ClN2O2. The molecular weight excluding hydrogens is 252 g/mol. The lowest BCUT2D eigenvalue weighted by molar-refractivity contribution is -0.117. The van der Waals surface area contributed by atoms with E-state index in [1.165, 1.54) is 6.42 Å². The molecule has 4 nitrogen and oxygen atoms in total. The number of ether oxygens (including phenoxy) is 1. The number of hydrogen-bond acceptors (Lipinski definition) is 3. The molecule has 1 atom stereocenters. The minimum Gasteiger partial charge on any atom is -0.378 e. The standard InChI is InChI=1S/C13H17ClN2O2/c14-11-6-7-15-9-12(11)16-13(17)5-4-10-3-1-2-8-18-10/h6-7,9-10H,1-5,8H2,(H,16,17). The maximum Gasteiger partial charge on any atom is 0.224 e. The number of carbonyl (C=O) groups is 1. The zero-order valence-electron chi connectivity index (χ0n) is 10.2. The highest BCUT2D eigenvalue weighted by Gasteiger charge is 2.15. The van der Waals surface area contributed by atoms with Crippen LogP contribution in [0.3, 0.4) is 0 Å². The fourth-order valence-electron chi connectivity index (χ4n) is 2.01. The number of nitrogens with zero attached hydrogens (tertiary/aromatic N) is 1. The van der Waals surface area contributed by atoms with Gasteiger partial charge in [0.1, 0.15) is 0 Å². The van der Waals surface area contributed by atoms with Crippen LogP contribution in [0.25, 0.3) is 0 Å². The topological polar surface area (TPSA) is 51.2 Å². The summed E-state index contributed by atoms with van der Waals surface area (Å²) in [6.45, 7) is 0.820. The highest BCUT2D eigenvalue weighted by atomic mass is 35.5. The second-order valence-electron chi connectivity index (χ2n) is 4.43. The number of rotatable bonds is 4. The Kier molecular flexibility index (Phi) is 4.96. The van der Waals surface area contributed by atoms with Crippen LogP contribution in [-0.2, 0) is 9.53 Å². The zero-order chi connectivity index (χ0) is 12.8. The molecule has 1 fully saturated rings. The van der Waals surface area contributed by atoms with Gasteiger partial charge in [0.15, 0.2) is 0 Å². The van der Waals surface area contributed by atoms with Gasteiger partial charge in [-0.15, -0.1) is 0 Å². The van der Waals surface area contributed by atoms with Crippen molar-refractivity contribution in [3.63, 3.8) is 0 Å². The summed E-state index contributed by atoms with van der Waals surface area (Å²) in [5.74, 6) is -0.0425. The van der Waals surface area contributed by atoms with E-state index in [-0.39, 0.29) is 12.0 Å². The minimum atomic E-state index is -0.0425. The number of anilines is 1. The molecule has 1 N–H and O–H groups in total. The molecule has 98 valence electrons. The van der Waals surface area contributed by atoms with E-state index < -0.39 is 0 Å². The van der Waals surface area contributed by atoms with E-state index >= 15 is 0 Å². The number of amides is 1. The van der Waals surface area contributed by atoms with E-state index in [0.717, 1.165) is 25.9 Å². The van der Waals surface area contributed by atoms with Gasteiger partial charge in [-0.2, -0.15) is 0 Å². The third-order valence-electron chi connectivity index (χ3n) is 3.01. The van der Waals surface area contributed by atoms with Crippen molar-refractivity contribution in [2.75, 3.05) is 11.9 Å². The Balaban J connectivity index is 1.76. The average molecular weight is 269 g/mol. The summed E-state index contributed by atoms with van der Waals surface area (Å²) in [4.78, 5) is 15.7. The lowest BCUT2D eigenvalue weighted by atomic mass is 10.0. The molecule has 1 aliphatic heterocycles. The van der Waals surface area contributed by atoms with E-state index in [1.54, 1.807) is 18.5 Å². The molecule has 0 bridgehead atoms. The fraction of sp³-hybridized carbons (Fsp3) is 0.538. The van der Waals surface area contributed by atoms with Crippen molar-refractivity contribution in [3.8, 4) is 0 Å². The Bertz CT molecular complexity index is 406. The third kappa shape index (κ3) is 3.96. The molecule has 1 aromatic heterocycles. The lowest BCUT2D eigenvalue weighted by Crippen LogP contribution is -2.21. The van der Waals surface area contributed by atoms with Crippen LogP contribution in [0.2, 0.25) is 5.02 Å². The van der Waals surface area contributed by atoms with Crippen LogP contribution in [0.4, 0.5) is 5.69 Å². The van der Waals surface area contributed by atoms with Gasteiger partial charge in [-0.25, -0.2) is 0 Å². The van der Waals surface area contributed by atoms with E-state index in [2.05, 4.69) is 10.3 Å². The van der Waals surface area contributed by atoms with Crippen molar-refractivity contribution < 1.29 is 9.53 Å². The third-order valence-corrected chi connectivity index (χ3v) is 3.34. The summed E-state index contributed by atoms with van der Waals surface area (Å²) in [5.41, 5.74) is 0.564. The van der Waals surface area contributed by atoms with Gasteiger partial charge in [-0.1, -0.05) is 11.6 Å². The molecule has 0 saturated carbocycles. The highest BCUT2D eigenvalue weighted by Crippen LogP contribution is 2.20. The molecule has 2 rings (SSSR count). The lowest BCUT2D eigenvalue weighted by Gasteiger charge is -2.22. The van der Waals surface area contributed by atoms with Crippen LogP contribution in [0.15, 0.2) is 18.5 Å². The van der Waals surface area contributed by atoms with E-state index in [1.807, 2.05) is 0 Å². The molecule has 18 heavy (non-hydrogen) atoms. The van der Waals surface area contributed by atoms with Gasteiger partial charge in [0.25, 0.3) is 0 Å². The maximum atomic E-state index is 11.8. The summed E-state index contributed by atoms with van der Waals surface area (Å²) in [6, 6.07) is 1.65. The number of aromatic nitrogens is 1. The molecule has 0 aromatic carbocycles. The number of halogens is 1. The van der Waals surface area contributed by atoms with E-state index in [4.69, 9.17) is 16.3 Å². The van der Waals surface area contributed by atoms with Crippen molar-refractivity contribution in [2.45, 2.75) is 38.2 Å². The van der Waals surface area contributed by atoms with Crippen molar-refractivity contribution in [2.24, 2.45) is 0 Å². The van der Waals surface area contributed by atoms with Crippen LogP contribution in [0, 0.1) is 0 Å². The van der Waals surface area contributed by atoms with E-state index in [9.17, 15) is 4.79 Å². The van der Waals surface area contributed by atoms with Crippen LogP contribution >= 0.6 is 11.6 Å². The Morgan fingerprint density at radius 2 is 2.44 bits per heavy atom. The molecule has 0 aliphatic carbocycles. The molecule has 1 aliphatic rings. The first kappa shape index (κ1) is 13.3. The molecule has 5 heteroatoms. The number of hydrogen-bond donors (Lipinski definition) is 1. The molecule has 0 radical (unpaired) electrons. The monoisotopic (exact) mass is 268 g/mol. The average Bonchev–Trinajstić information content (AvgIpc) is 2.40. The van der Waals surface area contributed by atoms with Gasteiger partial charge >= 0.3 is 0 Å². The molecule has 0 spiro atoms. The second-order valence-corrected chi connectivity index (χ2v) is 4.84. The van der Waals surface area contributed by atoms with Crippen LogP contribution in [0.5, 0.6) is 0 Å². The minimum absolute atomic E-state index is 0.0425. The Morgan fingerprint density at radius 3 is 3.17 bits per heavy atom. The fourth-order valence-corrected chi connectivity index (χ4v) is 2.16. The van der Waals surface area contributed by atoms with Crippen LogP contribution in [-0.4, -0.2) is 23.6 Å². The van der Waals surface area contributed by atoms with Crippen molar-refractivity contribution >= 4 is 23.2 Å². The largest absolute Gasteiger partial charge is 0.378 e. The molecule has 1 saturated heterocycles. The van der Waals surface area contributed by atoms with Gasteiger partial charge in [-0.3, -0.25) is 9.78 Å². The molecule has 1 unspecified atom stereocenters. The van der Waals surface area contributed by atoms with Gasteiger partial charge in [0.2, 0.25) is 5.91 Å². The number of pyridine rings is 1. The predicted octanol–water partition coefficient (Wildman–Crippen LogP) is 3.02. The number of nitrogens with one attached hydrogen (secondary N) is 1. The molecule has 1 amide bonds. The predicted molar refractivity (Wildman–Crippen MR) is 70.7 cm³/mol. The van der Waals surface area contributed by atoms with Crippen LogP contribution in [0.1, 0.15) is 32.1 Å². The Morgan fingerprint density at radius 1 is 1.56 bits per heavy atom. The molecule has 1 aromatic rings. The Labute approximate surface area is 112 Å². The molecule has 2 heterocycles. The summed E-state index contributed by atoms with van der Waals surface area (Å²) < 4.78 is 5.58. The van der Waals surface area contributed by atoms with Crippen molar-refractivity contribution in [3.05, 3.63) is 23.5 Å².